The first-order chi connectivity index (χ1) is 26.5. The van der Waals surface area contributed by atoms with Crippen molar-refractivity contribution in [2.75, 3.05) is 6.61 Å². The summed E-state index contributed by atoms with van der Waals surface area (Å²) < 4.78 is 5.90. The standard InChI is InChI=1S/C48H91NO5/c1-4-7-10-13-16-19-22-25-27-30-33-36-39-44(54-48(53)41-38-35-32-29-24-21-18-15-12-9-6-3)42-47(52)49-45(43-50)46(51)40-37-34-31-28-26-23-20-17-14-11-8-5-2/h7,10,16,19,44-46,50-51H,4-6,8-9,11-15,17-18,20-43H2,1-3H3,(H,49,52)/b10-7+,19-16+. The molecule has 0 aliphatic carbocycles. The molecular formula is C48H91NO5. The molecular weight excluding hydrogens is 671 g/mol. The van der Waals surface area contributed by atoms with Gasteiger partial charge in [-0.25, -0.2) is 0 Å². The van der Waals surface area contributed by atoms with Crippen LogP contribution in [0.15, 0.2) is 24.3 Å². The SMILES string of the molecule is CC/C=C/C/C=C/CCCCCCCC(CC(=O)NC(CO)C(O)CCCCCCCCCCCCCC)OC(=O)CCCCCCCCCCCCC. The Morgan fingerprint density at radius 1 is 0.556 bits per heavy atom. The van der Waals surface area contributed by atoms with Crippen LogP contribution in [0.2, 0.25) is 0 Å². The summed E-state index contributed by atoms with van der Waals surface area (Å²) in [6, 6.07) is -0.699. The van der Waals surface area contributed by atoms with Gasteiger partial charge in [0.15, 0.2) is 0 Å². The van der Waals surface area contributed by atoms with Crippen LogP contribution in [-0.4, -0.2) is 46.9 Å². The molecule has 6 heteroatoms. The topological polar surface area (TPSA) is 95.9 Å². The number of amides is 1. The first-order valence-electron chi connectivity index (χ1n) is 23.6. The van der Waals surface area contributed by atoms with Gasteiger partial charge in [0.1, 0.15) is 6.10 Å². The quantitative estimate of drug-likeness (QED) is 0.0327. The molecule has 0 aromatic rings. The number of unbranched alkanes of at least 4 members (excludes halogenated alkanes) is 26. The van der Waals surface area contributed by atoms with Gasteiger partial charge >= 0.3 is 5.97 Å². The van der Waals surface area contributed by atoms with Crippen molar-refractivity contribution in [1.82, 2.24) is 5.32 Å². The highest BCUT2D eigenvalue weighted by Crippen LogP contribution is 2.18. The molecule has 318 valence electrons. The Morgan fingerprint density at radius 3 is 1.50 bits per heavy atom. The van der Waals surface area contributed by atoms with Crippen LogP contribution in [0.25, 0.3) is 0 Å². The maximum absolute atomic E-state index is 13.1. The Morgan fingerprint density at radius 2 is 1.00 bits per heavy atom. The summed E-state index contributed by atoms with van der Waals surface area (Å²) in [5, 5.41) is 23.7. The van der Waals surface area contributed by atoms with E-state index in [2.05, 4.69) is 50.4 Å². The third-order valence-electron chi connectivity index (χ3n) is 10.8. The zero-order valence-electron chi connectivity index (χ0n) is 36.1. The Labute approximate surface area is 335 Å². The van der Waals surface area contributed by atoms with Crippen molar-refractivity contribution in [2.45, 2.75) is 264 Å². The van der Waals surface area contributed by atoms with E-state index in [4.69, 9.17) is 4.74 Å². The number of carbonyl (C=O) groups excluding carboxylic acids is 2. The number of nitrogens with one attached hydrogen (secondary N) is 1. The predicted octanol–water partition coefficient (Wildman–Crippen LogP) is 13.6. The molecule has 0 aliphatic heterocycles. The lowest BCUT2D eigenvalue weighted by molar-refractivity contribution is -0.151. The smallest absolute Gasteiger partial charge is 0.306 e. The fourth-order valence-electron chi connectivity index (χ4n) is 7.23. The van der Waals surface area contributed by atoms with Crippen LogP contribution in [0.1, 0.15) is 245 Å². The van der Waals surface area contributed by atoms with E-state index >= 15 is 0 Å². The second-order valence-corrected chi connectivity index (χ2v) is 16.1. The highest BCUT2D eigenvalue weighted by Gasteiger charge is 2.24. The number of aliphatic hydroxyl groups is 2. The van der Waals surface area contributed by atoms with Crippen LogP contribution in [-0.2, 0) is 14.3 Å². The minimum Gasteiger partial charge on any atom is -0.462 e. The second kappa shape index (κ2) is 42.5. The average molecular weight is 762 g/mol. The molecule has 0 fully saturated rings. The molecule has 0 radical (unpaired) electrons. The van der Waals surface area contributed by atoms with Crippen LogP contribution in [0, 0.1) is 0 Å². The van der Waals surface area contributed by atoms with E-state index in [0.717, 1.165) is 70.6 Å². The fourth-order valence-corrected chi connectivity index (χ4v) is 7.23. The lowest BCUT2D eigenvalue weighted by atomic mass is 10.0. The van der Waals surface area contributed by atoms with E-state index < -0.39 is 18.2 Å². The fraction of sp³-hybridized carbons (Fsp3) is 0.875. The molecule has 0 aliphatic rings. The Hall–Kier alpha value is -1.66. The van der Waals surface area contributed by atoms with Gasteiger partial charge in [-0.2, -0.15) is 0 Å². The van der Waals surface area contributed by atoms with Crippen molar-refractivity contribution < 1.29 is 24.5 Å². The lowest BCUT2D eigenvalue weighted by Gasteiger charge is -2.24. The van der Waals surface area contributed by atoms with Crippen LogP contribution in [0.5, 0.6) is 0 Å². The van der Waals surface area contributed by atoms with E-state index in [-0.39, 0.29) is 24.9 Å². The zero-order chi connectivity index (χ0) is 39.6. The summed E-state index contributed by atoms with van der Waals surface area (Å²) in [4.78, 5) is 26.0. The Balaban J connectivity index is 4.57. The summed E-state index contributed by atoms with van der Waals surface area (Å²) in [5.41, 5.74) is 0. The molecule has 0 bridgehead atoms. The van der Waals surface area contributed by atoms with Gasteiger partial charge < -0.3 is 20.3 Å². The number of hydrogen-bond acceptors (Lipinski definition) is 5. The largest absolute Gasteiger partial charge is 0.462 e. The summed E-state index contributed by atoms with van der Waals surface area (Å²) in [7, 11) is 0. The lowest BCUT2D eigenvalue weighted by Crippen LogP contribution is -2.46. The molecule has 0 rings (SSSR count). The van der Waals surface area contributed by atoms with E-state index in [9.17, 15) is 19.8 Å². The number of ether oxygens (including phenoxy) is 1. The number of allylic oxidation sites excluding steroid dienone is 4. The molecule has 3 atom stereocenters. The molecule has 0 saturated carbocycles. The third-order valence-corrected chi connectivity index (χ3v) is 10.8. The zero-order valence-corrected chi connectivity index (χ0v) is 36.1. The predicted molar refractivity (Wildman–Crippen MR) is 232 cm³/mol. The summed E-state index contributed by atoms with van der Waals surface area (Å²) >= 11 is 0. The van der Waals surface area contributed by atoms with E-state index in [0.29, 0.717) is 19.3 Å². The molecule has 54 heavy (non-hydrogen) atoms. The molecule has 3 N–H and O–H groups in total. The Bertz CT molecular complexity index is 858. The van der Waals surface area contributed by atoms with Gasteiger partial charge in [-0.1, -0.05) is 206 Å². The maximum atomic E-state index is 13.1. The summed E-state index contributed by atoms with van der Waals surface area (Å²) in [5.74, 6) is -0.481. The molecule has 6 nitrogen and oxygen atoms in total. The van der Waals surface area contributed by atoms with Gasteiger partial charge in [0.2, 0.25) is 5.91 Å². The van der Waals surface area contributed by atoms with Gasteiger partial charge in [-0.3, -0.25) is 9.59 Å². The van der Waals surface area contributed by atoms with Crippen LogP contribution >= 0.6 is 0 Å². The Kier molecular flexibility index (Phi) is 41.2. The van der Waals surface area contributed by atoms with Crippen LogP contribution in [0.3, 0.4) is 0 Å². The first kappa shape index (κ1) is 52.3. The number of aliphatic hydroxyl groups excluding tert-OH is 2. The van der Waals surface area contributed by atoms with Crippen LogP contribution < -0.4 is 5.32 Å². The normalized spacial score (nSPS) is 13.5. The molecule has 0 spiro atoms. The van der Waals surface area contributed by atoms with Gasteiger partial charge in [-0.05, 0) is 51.4 Å². The van der Waals surface area contributed by atoms with Crippen molar-refractivity contribution >= 4 is 11.9 Å². The van der Waals surface area contributed by atoms with Gasteiger partial charge in [0.25, 0.3) is 0 Å². The maximum Gasteiger partial charge on any atom is 0.306 e. The number of hydrogen-bond donors (Lipinski definition) is 3. The summed E-state index contributed by atoms with van der Waals surface area (Å²) in [6.07, 6.45) is 46.6. The number of esters is 1. The molecule has 1 amide bonds. The minimum absolute atomic E-state index is 0.0725. The molecule has 0 aromatic heterocycles. The molecule has 0 heterocycles. The molecule has 0 aromatic carbocycles. The van der Waals surface area contributed by atoms with Crippen LogP contribution in [0.4, 0.5) is 0 Å². The minimum atomic E-state index is -0.785. The number of rotatable bonds is 42. The van der Waals surface area contributed by atoms with Crippen molar-refractivity contribution in [3.8, 4) is 0 Å². The van der Waals surface area contributed by atoms with E-state index in [1.807, 2.05) is 0 Å². The monoisotopic (exact) mass is 762 g/mol. The average Bonchev–Trinajstić information content (AvgIpc) is 3.16. The third kappa shape index (κ3) is 37.3. The molecule has 0 saturated heterocycles. The first-order valence-corrected chi connectivity index (χ1v) is 23.6. The van der Waals surface area contributed by atoms with Crippen molar-refractivity contribution in [3.63, 3.8) is 0 Å². The van der Waals surface area contributed by atoms with E-state index in [1.54, 1.807) is 0 Å². The van der Waals surface area contributed by atoms with Gasteiger partial charge in [0, 0.05) is 6.42 Å². The number of carbonyl (C=O) groups is 2. The summed E-state index contributed by atoms with van der Waals surface area (Å²) in [6.45, 7) is 6.36. The van der Waals surface area contributed by atoms with Crippen molar-refractivity contribution in [1.29, 1.82) is 0 Å². The van der Waals surface area contributed by atoms with Crippen molar-refractivity contribution in [2.24, 2.45) is 0 Å². The molecule has 3 unspecified atom stereocenters. The highest BCUT2D eigenvalue weighted by atomic mass is 16.5. The highest BCUT2D eigenvalue weighted by molar-refractivity contribution is 5.77. The van der Waals surface area contributed by atoms with Gasteiger partial charge in [-0.15, -0.1) is 0 Å². The second-order valence-electron chi connectivity index (χ2n) is 16.1. The van der Waals surface area contributed by atoms with E-state index in [1.165, 1.54) is 128 Å². The van der Waals surface area contributed by atoms with Gasteiger partial charge in [0.05, 0.1) is 25.2 Å². The van der Waals surface area contributed by atoms with Crippen molar-refractivity contribution in [3.05, 3.63) is 24.3 Å².